The Bertz CT molecular complexity index is 763. The second-order valence-corrected chi connectivity index (χ2v) is 7.76. The van der Waals surface area contributed by atoms with Gasteiger partial charge in [0.15, 0.2) is 5.96 Å². The second kappa shape index (κ2) is 6.62. The molecule has 138 valence electrons. The van der Waals surface area contributed by atoms with Crippen molar-refractivity contribution in [1.82, 2.24) is 10.2 Å². The smallest absolute Gasteiger partial charge is 0.193 e. The predicted octanol–water partition coefficient (Wildman–Crippen LogP) is 3.05. The molecule has 3 fully saturated rings. The average molecular weight is 353 g/mol. The van der Waals surface area contributed by atoms with Crippen molar-refractivity contribution in [2.24, 2.45) is 16.8 Å². The van der Waals surface area contributed by atoms with Crippen LogP contribution in [0.1, 0.15) is 25.5 Å². The summed E-state index contributed by atoms with van der Waals surface area (Å²) in [4.78, 5) is 7.34. The summed E-state index contributed by atoms with van der Waals surface area (Å²) >= 11 is 0. The molecule has 3 saturated heterocycles. The second-order valence-electron chi connectivity index (χ2n) is 7.76. The van der Waals surface area contributed by atoms with Gasteiger partial charge in [0.05, 0.1) is 12.2 Å². The molecule has 4 atom stereocenters. The zero-order valence-electron chi connectivity index (χ0n) is 15.4. The summed E-state index contributed by atoms with van der Waals surface area (Å²) in [7, 11) is 0. The standard InChI is InChI=1S/C21H27N3O2/c1-2-22-21(24-12-16-17(13-24)20-8-7-19(16)26-20)23-10-9-15-11-14-5-3-4-6-18(14)25-15/h3-6,11,16-17,19-20H,2,7-10,12-13H2,1H3,(H,22,23). The molecule has 4 unspecified atom stereocenters. The summed E-state index contributed by atoms with van der Waals surface area (Å²) in [6, 6.07) is 10.3. The molecule has 3 aliphatic rings. The van der Waals surface area contributed by atoms with Gasteiger partial charge in [-0.2, -0.15) is 0 Å². The number of benzene rings is 1. The first kappa shape index (κ1) is 16.2. The van der Waals surface area contributed by atoms with Crippen molar-refractivity contribution >= 4 is 16.9 Å². The molecule has 0 aliphatic carbocycles. The summed E-state index contributed by atoms with van der Waals surface area (Å²) in [5.41, 5.74) is 0.959. The summed E-state index contributed by atoms with van der Waals surface area (Å²) in [6.07, 6.45) is 4.32. The normalized spacial score (nSPS) is 30.3. The van der Waals surface area contributed by atoms with E-state index in [1.807, 2.05) is 18.2 Å². The molecular weight excluding hydrogens is 326 g/mol. The quantitative estimate of drug-likeness (QED) is 0.678. The summed E-state index contributed by atoms with van der Waals surface area (Å²) in [5, 5.41) is 4.65. The minimum Gasteiger partial charge on any atom is -0.461 e. The first-order valence-corrected chi connectivity index (χ1v) is 9.98. The van der Waals surface area contributed by atoms with Crippen molar-refractivity contribution in [2.45, 2.75) is 38.4 Å². The van der Waals surface area contributed by atoms with E-state index < -0.39 is 0 Å². The van der Waals surface area contributed by atoms with Crippen molar-refractivity contribution < 1.29 is 9.15 Å². The molecule has 5 nitrogen and oxygen atoms in total. The van der Waals surface area contributed by atoms with Gasteiger partial charge < -0.3 is 19.4 Å². The molecule has 0 radical (unpaired) electrons. The molecule has 26 heavy (non-hydrogen) atoms. The number of nitrogens with zero attached hydrogens (tertiary/aromatic N) is 2. The van der Waals surface area contributed by atoms with Crippen LogP contribution in [0.25, 0.3) is 11.0 Å². The van der Waals surface area contributed by atoms with Gasteiger partial charge in [-0.05, 0) is 31.9 Å². The fraction of sp³-hybridized carbons (Fsp3) is 0.571. The molecule has 0 amide bonds. The molecule has 2 aromatic rings. The molecule has 0 saturated carbocycles. The van der Waals surface area contributed by atoms with Gasteiger partial charge in [0.2, 0.25) is 0 Å². The highest BCUT2D eigenvalue weighted by atomic mass is 16.5. The molecule has 5 rings (SSSR count). The maximum atomic E-state index is 6.10. The van der Waals surface area contributed by atoms with Crippen LogP contribution in [-0.2, 0) is 11.2 Å². The van der Waals surface area contributed by atoms with Gasteiger partial charge in [-0.3, -0.25) is 4.99 Å². The number of hydrogen-bond acceptors (Lipinski definition) is 3. The fourth-order valence-electron chi connectivity index (χ4n) is 4.99. The molecule has 3 aliphatic heterocycles. The van der Waals surface area contributed by atoms with Gasteiger partial charge in [-0.1, -0.05) is 18.2 Å². The highest BCUT2D eigenvalue weighted by Gasteiger charge is 2.53. The van der Waals surface area contributed by atoms with E-state index in [1.165, 1.54) is 18.2 Å². The number of para-hydroxylation sites is 1. The Kier molecular flexibility index (Phi) is 4.12. The molecule has 1 N–H and O–H groups in total. The third-order valence-corrected chi connectivity index (χ3v) is 6.18. The van der Waals surface area contributed by atoms with E-state index in [1.54, 1.807) is 0 Å². The largest absolute Gasteiger partial charge is 0.461 e. The van der Waals surface area contributed by atoms with Crippen LogP contribution in [0.15, 0.2) is 39.7 Å². The molecular formula is C21H27N3O2. The number of nitrogens with one attached hydrogen (secondary N) is 1. The van der Waals surface area contributed by atoms with E-state index in [-0.39, 0.29) is 0 Å². The predicted molar refractivity (Wildman–Crippen MR) is 102 cm³/mol. The molecule has 4 heterocycles. The molecule has 0 spiro atoms. The molecule has 1 aromatic heterocycles. The van der Waals surface area contributed by atoms with Crippen molar-refractivity contribution in [1.29, 1.82) is 0 Å². The van der Waals surface area contributed by atoms with E-state index in [0.717, 1.165) is 49.9 Å². The van der Waals surface area contributed by atoms with Gasteiger partial charge in [0, 0.05) is 49.8 Å². The first-order valence-electron chi connectivity index (χ1n) is 9.98. The van der Waals surface area contributed by atoms with Crippen molar-refractivity contribution in [3.63, 3.8) is 0 Å². The lowest BCUT2D eigenvalue weighted by Crippen LogP contribution is -2.41. The third-order valence-electron chi connectivity index (χ3n) is 6.18. The number of ether oxygens (including phenoxy) is 1. The van der Waals surface area contributed by atoms with Crippen LogP contribution in [0.5, 0.6) is 0 Å². The van der Waals surface area contributed by atoms with Gasteiger partial charge in [-0.25, -0.2) is 0 Å². The lowest BCUT2D eigenvalue weighted by molar-refractivity contribution is 0.0767. The summed E-state index contributed by atoms with van der Waals surface area (Å²) in [6.45, 7) is 5.96. The summed E-state index contributed by atoms with van der Waals surface area (Å²) < 4.78 is 12.0. The van der Waals surface area contributed by atoms with Crippen LogP contribution < -0.4 is 5.32 Å². The minimum atomic E-state index is 0.494. The Morgan fingerprint density at radius 3 is 2.69 bits per heavy atom. The number of likely N-dealkylation sites (tertiary alicyclic amines) is 1. The first-order chi connectivity index (χ1) is 12.8. The number of furan rings is 1. The SMILES string of the molecule is CCNC(=NCCc1cc2ccccc2o1)N1CC2C3CCC(O3)C2C1. The van der Waals surface area contributed by atoms with Gasteiger partial charge in [0.1, 0.15) is 11.3 Å². The number of rotatable bonds is 4. The van der Waals surface area contributed by atoms with E-state index in [4.69, 9.17) is 14.1 Å². The number of fused-ring (bicyclic) bond motifs is 6. The fourth-order valence-corrected chi connectivity index (χ4v) is 4.99. The number of hydrogen-bond donors (Lipinski definition) is 1. The van der Waals surface area contributed by atoms with Gasteiger partial charge >= 0.3 is 0 Å². The molecule has 5 heteroatoms. The number of guanidine groups is 1. The highest BCUT2D eigenvalue weighted by Crippen LogP contribution is 2.47. The van der Waals surface area contributed by atoms with Gasteiger partial charge in [-0.15, -0.1) is 0 Å². The number of aliphatic imine (C=N–C) groups is 1. The topological polar surface area (TPSA) is 50.0 Å². The Hall–Kier alpha value is -2.01. The maximum absolute atomic E-state index is 6.10. The van der Waals surface area contributed by atoms with E-state index in [0.29, 0.717) is 24.0 Å². The van der Waals surface area contributed by atoms with E-state index >= 15 is 0 Å². The third kappa shape index (κ3) is 2.78. The average Bonchev–Trinajstić information content (AvgIpc) is 3.40. The highest BCUT2D eigenvalue weighted by molar-refractivity contribution is 5.80. The van der Waals surface area contributed by atoms with Crippen molar-refractivity contribution in [3.05, 3.63) is 36.1 Å². The summed E-state index contributed by atoms with van der Waals surface area (Å²) in [5.74, 6) is 3.47. The lowest BCUT2D eigenvalue weighted by Gasteiger charge is -2.23. The lowest BCUT2D eigenvalue weighted by atomic mass is 9.82. The van der Waals surface area contributed by atoms with E-state index in [2.05, 4.69) is 29.3 Å². The van der Waals surface area contributed by atoms with E-state index in [9.17, 15) is 0 Å². The zero-order chi connectivity index (χ0) is 17.5. The van der Waals surface area contributed by atoms with Crippen molar-refractivity contribution in [2.75, 3.05) is 26.2 Å². The minimum absolute atomic E-state index is 0.494. The van der Waals surface area contributed by atoms with Crippen LogP contribution in [-0.4, -0.2) is 49.2 Å². The van der Waals surface area contributed by atoms with Crippen LogP contribution >= 0.6 is 0 Å². The van der Waals surface area contributed by atoms with Crippen LogP contribution in [0, 0.1) is 11.8 Å². The maximum Gasteiger partial charge on any atom is 0.193 e. The van der Waals surface area contributed by atoms with Crippen LogP contribution in [0.3, 0.4) is 0 Å². The Morgan fingerprint density at radius 2 is 1.96 bits per heavy atom. The Labute approximate surface area is 154 Å². The molecule has 2 bridgehead atoms. The monoisotopic (exact) mass is 353 g/mol. The van der Waals surface area contributed by atoms with Crippen LogP contribution in [0.4, 0.5) is 0 Å². The Balaban J connectivity index is 1.25. The van der Waals surface area contributed by atoms with Gasteiger partial charge in [0.25, 0.3) is 0 Å². The Morgan fingerprint density at radius 1 is 1.19 bits per heavy atom. The van der Waals surface area contributed by atoms with Crippen molar-refractivity contribution in [3.8, 4) is 0 Å². The van der Waals surface area contributed by atoms with Crippen LogP contribution in [0.2, 0.25) is 0 Å². The molecule has 1 aromatic carbocycles. The zero-order valence-corrected chi connectivity index (χ0v) is 15.4.